The van der Waals surface area contributed by atoms with Crippen LogP contribution in [0.5, 0.6) is 0 Å². The highest BCUT2D eigenvalue weighted by Crippen LogP contribution is 2.19. The van der Waals surface area contributed by atoms with Gasteiger partial charge in [0.05, 0.1) is 5.56 Å². The minimum atomic E-state index is -1.13. The van der Waals surface area contributed by atoms with E-state index in [0.717, 1.165) is 32.0 Å². The minimum absolute atomic E-state index is 0.0515. The number of carboxylic acid groups (broad SMARTS) is 1. The van der Waals surface area contributed by atoms with Crippen molar-refractivity contribution in [3.8, 4) is 0 Å². The van der Waals surface area contributed by atoms with Gasteiger partial charge in [0.1, 0.15) is 5.82 Å². The van der Waals surface area contributed by atoms with E-state index in [1.165, 1.54) is 6.07 Å². The number of rotatable bonds is 2. The van der Waals surface area contributed by atoms with Crippen molar-refractivity contribution in [3.63, 3.8) is 0 Å². The van der Waals surface area contributed by atoms with Gasteiger partial charge in [0.15, 0.2) is 0 Å². The zero-order valence-electron chi connectivity index (χ0n) is 8.11. The van der Waals surface area contributed by atoms with Gasteiger partial charge in [0, 0.05) is 19.2 Å². The van der Waals surface area contributed by atoms with Crippen LogP contribution in [0.4, 0.5) is 10.2 Å². The van der Waals surface area contributed by atoms with Crippen molar-refractivity contribution in [2.45, 2.75) is 12.8 Å². The molecule has 0 atom stereocenters. The van der Waals surface area contributed by atoms with Gasteiger partial charge in [-0.15, -0.1) is 0 Å². The third-order valence-electron chi connectivity index (χ3n) is 2.46. The van der Waals surface area contributed by atoms with Crippen molar-refractivity contribution < 1.29 is 14.3 Å². The molecule has 1 saturated heterocycles. The number of carbonyl (C=O) groups is 1. The molecule has 0 radical (unpaired) electrons. The Morgan fingerprint density at radius 3 is 2.67 bits per heavy atom. The first-order valence-corrected chi connectivity index (χ1v) is 4.82. The van der Waals surface area contributed by atoms with E-state index >= 15 is 0 Å². The summed E-state index contributed by atoms with van der Waals surface area (Å²) in [5.41, 5.74) is -0.0515. The van der Waals surface area contributed by atoms with Gasteiger partial charge in [-0.25, -0.2) is 9.78 Å². The van der Waals surface area contributed by atoms with Crippen molar-refractivity contribution in [2.24, 2.45) is 0 Å². The van der Waals surface area contributed by atoms with E-state index in [0.29, 0.717) is 5.82 Å². The van der Waals surface area contributed by atoms with E-state index in [-0.39, 0.29) is 5.56 Å². The van der Waals surface area contributed by atoms with Crippen molar-refractivity contribution in [3.05, 3.63) is 23.6 Å². The lowest BCUT2D eigenvalue weighted by Crippen LogP contribution is -2.20. The van der Waals surface area contributed by atoms with Crippen LogP contribution < -0.4 is 4.90 Å². The Morgan fingerprint density at radius 2 is 2.07 bits per heavy atom. The molecule has 4 nitrogen and oxygen atoms in total. The zero-order chi connectivity index (χ0) is 10.8. The molecular formula is C10H11FN2O2. The number of nitrogens with zero attached hydrogens (tertiary/aromatic N) is 2. The molecule has 0 aliphatic carbocycles. The Hall–Kier alpha value is -1.65. The number of halogens is 1. The predicted octanol–water partition coefficient (Wildman–Crippen LogP) is 1.52. The Bertz CT molecular complexity index is 389. The monoisotopic (exact) mass is 210 g/mol. The SMILES string of the molecule is O=C(O)c1cc(F)nc(N2CCCC2)c1. The molecule has 1 N–H and O–H groups in total. The molecule has 2 rings (SSSR count). The number of hydrogen-bond donors (Lipinski definition) is 1. The molecule has 2 heterocycles. The van der Waals surface area contributed by atoms with Crippen molar-refractivity contribution in [2.75, 3.05) is 18.0 Å². The largest absolute Gasteiger partial charge is 0.478 e. The molecular weight excluding hydrogens is 199 g/mol. The summed E-state index contributed by atoms with van der Waals surface area (Å²) in [4.78, 5) is 16.3. The molecule has 15 heavy (non-hydrogen) atoms. The highest BCUT2D eigenvalue weighted by Gasteiger charge is 2.16. The Morgan fingerprint density at radius 1 is 1.40 bits per heavy atom. The molecule has 0 saturated carbocycles. The molecule has 0 amide bonds. The number of anilines is 1. The van der Waals surface area contributed by atoms with Crippen LogP contribution in [0.3, 0.4) is 0 Å². The summed E-state index contributed by atoms with van der Waals surface area (Å²) in [6.45, 7) is 1.63. The van der Waals surface area contributed by atoms with Crippen molar-refractivity contribution in [1.29, 1.82) is 0 Å². The maximum absolute atomic E-state index is 13.0. The first-order chi connectivity index (χ1) is 7.16. The van der Waals surface area contributed by atoms with Gasteiger partial charge >= 0.3 is 5.97 Å². The average molecular weight is 210 g/mol. The molecule has 1 aliphatic heterocycles. The first-order valence-electron chi connectivity index (χ1n) is 4.82. The Kier molecular flexibility index (Phi) is 2.53. The van der Waals surface area contributed by atoms with Gasteiger partial charge in [-0.3, -0.25) is 0 Å². The number of aromatic nitrogens is 1. The lowest BCUT2D eigenvalue weighted by Gasteiger charge is -2.16. The molecule has 1 aliphatic rings. The van der Waals surface area contributed by atoms with Crippen LogP contribution in [0.25, 0.3) is 0 Å². The smallest absolute Gasteiger partial charge is 0.335 e. The zero-order valence-corrected chi connectivity index (χ0v) is 8.11. The highest BCUT2D eigenvalue weighted by atomic mass is 19.1. The fraction of sp³-hybridized carbons (Fsp3) is 0.400. The first kappa shape index (κ1) is 9.89. The number of aromatic carboxylic acids is 1. The van der Waals surface area contributed by atoms with Crippen molar-refractivity contribution >= 4 is 11.8 Å². The second-order valence-corrected chi connectivity index (χ2v) is 3.54. The molecule has 1 aromatic heterocycles. The molecule has 1 fully saturated rings. The fourth-order valence-electron chi connectivity index (χ4n) is 1.71. The Labute approximate surface area is 86.4 Å². The third kappa shape index (κ3) is 2.06. The molecule has 1 aromatic rings. The van der Waals surface area contributed by atoms with E-state index in [1.54, 1.807) is 0 Å². The molecule has 0 spiro atoms. The van der Waals surface area contributed by atoms with Gasteiger partial charge in [-0.1, -0.05) is 0 Å². The summed E-state index contributed by atoms with van der Waals surface area (Å²) >= 11 is 0. The van der Waals surface area contributed by atoms with Gasteiger partial charge < -0.3 is 10.0 Å². The fourth-order valence-corrected chi connectivity index (χ4v) is 1.71. The van der Waals surface area contributed by atoms with Crippen LogP contribution in [0, 0.1) is 5.95 Å². The molecule has 0 aromatic carbocycles. The molecule has 0 unspecified atom stereocenters. The minimum Gasteiger partial charge on any atom is -0.478 e. The van der Waals surface area contributed by atoms with Gasteiger partial charge in [0.25, 0.3) is 0 Å². The van der Waals surface area contributed by atoms with Crippen LogP contribution in [-0.4, -0.2) is 29.1 Å². The Balaban J connectivity index is 2.34. The highest BCUT2D eigenvalue weighted by molar-refractivity contribution is 5.88. The number of hydrogen-bond acceptors (Lipinski definition) is 3. The van der Waals surface area contributed by atoms with E-state index in [1.807, 2.05) is 4.90 Å². The van der Waals surface area contributed by atoms with Gasteiger partial charge in [0.2, 0.25) is 5.95 Å². The average Bonchev–Trinajstić information content (AvgIpc) is 2.69. The standard InChI is InChI=1S/C10H11FN2O2/c11-8-5-7(10(14)15)6-9(12-8)13-3-1-2-4-13/h5-6H,1-4H2,(H,14,15). The van der Waals surface area contributed by atoms with Crippen LogP contribution in [0.2, 0.25) is 0 Å². The summed E-state index contributed by atoms with van der Waals surface area (Å²) in [5.74, 6) is -1.45. The maximum atomic E-state index is 13.0. The van der Waals surface area contributed by atoms with E-state index in [4.69, 9.17) is 5.11 Å². The summed E-state index contributed by atoms with van der Waals surface area (Å²) in [5, 5.41) is 8.76. The molecule has 80 valence electrons. The van der Waals surface area contributed by atoms with Crippen LogP contribution in [-0.2, 0) is 0 Å². The van der Waals surface area contributed by atoms with Crippen LogP contribution in [0.15, 0.2) is 12.1 Å². The van der Waals surface area contributed by atoms with Gasteiger partial charge in [-0.05, 0) is 18.9 Å². The van der Waals surface area contributed by atoms with Crippen LogP contribution in [0.1, 0.15) is 23.2 Å². The number of carboxylic acids is 1. The molecule has 5 heteroatoms. The topological polar surface area (TPSA) is 53.4 Å². The second-order valence-electron chi connectivity index (χ2n) is 3.54. The normalized spacial score (nSPS) is 15.7. The van der Waals surface area contributed by atoms with E-state index in [9.17, 15) is 9.18 Å². The van der Waals surface area contributed by atoms with Crippen LogP contribution >= 0.6 is 0 Å². The summed E-state index contributed by atoms with van der Waals surface area (Å²) in [6, 6.07) is 2.35. The van der Waals surface area contributed by atoms with E-state index in [2.05, 4.69) is 4.98 Å². The summed E-state index contributed by atoms with van der Waals surface area (Å²) in [7, 11) is 0. The maximum Gasteiger partial charge on any atom is 0.335 e. The lowest BCUT2D eigenvalue weighted by molar-refractivity contribution is 0.0696. The quantitative estimate of drug-likeness (QED) is 0.752. The third-order valence-corrected chi connectivity index (χ3v) is 2.46. The summed E-state index contributed by atoms with van der Waals surface area (Å²) < 4.78 is 13.0. The van der Waals surface area contributed by atoms with E-state index < -0.39 is 11.9 Å². The molecule has 0 bridgehead atoms. The second kappa shape index (κ2) is 3.84. The van der Waals surface area contributed by atoms with Gasteiger partial charge in [-0.2, -0.15) is 4.39 Å². The number of pyridine rings is 1. The summed E-state index contributed by atoms with van der Waals surface area (Å²) in [6.07, 6.45) is 2.08. The predicted molar refractivity (Wildman–Crippen MR) is 52.6 cm³/mol. The van der Waals surface area contributed by atoms with Crippen molar-refractivity contribution in [1.82, 2.24) is 4.98 Å². The lowest BCUT2D eigenvalue weighted by atomic mass is 10.2.